The van der Waals surface area contributed by atoms with E-state index < -0.39 is 5.97 Å². The molecule has 0 saturated heterocycles. The summed E-state index contributed by atoms with van der Waals surface area (Å²) in [6.07, 6.45) is 26.7. The molecule has 1 saturated carbocycles. The van der Waals surface area contributed by atoms with E-state index in [-0.39, 0.29) is 23.9 Å². The predicted octanol–water partition coefficient (Wildman–Crippen LogP) is 9.24. The number of esters is 1. The summed E-state index contributed by atoms with van der Waals surface area (Å²) in [7, 11) is 0. The van der Waals surface area contributed by atoms with Gasteiger partial charge in [0.15, 0.2) is 0 Å². The molecule has 1 N–H and O–H groups in total. The lowest BCUT2D eigenvalue weighted by Gasteiger charge is -2.27. The number of ether oxygens (including phenoxy) is 1. The first kappa shape index (κ1) is 31.0. The van der Waals surface area contributed by atoms with E-state index in [4.69, 9.17) is 4.74 Å². The van der Waals surface area contributed by atoms with Crippen molar-refractivity contribution in [3.05, 3.63) is 0 Å². The zero-order valence-corrected chi connectivity index (χ0v) is 22.7. The number of carbonyl (C=O) groups is 2. The van der Waals surface area contributed by atoms with Gasteiger partial charge in [-0.3, -0.25) is 9.59 Å². The Hall–Kier alpha value is -1.06. The van der Waals surface area contributed by atoms with E-state index in [0.29, 0.717) is 12.8 Å². The third kappa shape index (κ3) is 15.8. The van der Waals surface area contributed by atoms with Gasteiger partial charge in [0, 0.05) is 0 Å². The zero-order valence-electron chi connectivity index (χ0n) is 22.7. The minimum atomic E-state index is -0.762. The molecule has 0 amide bonds. The maximum atomic E-state index is 12.9. The topological polar surface area (TPSA) is 63.6 Å². The summed E-state index contributed by atoms with van der Waals surface area (Å²) >= 11 is 0. The highest BCUT2D eigenvalue weighted by Crippen LogP contribution is 2.31. The maximum Gasteiger partial charge on any atom is 0.309 e. The Morgan fingerprint density at radius 1 is 0.676 bits per heavy atom. The molecule has 0 aliphatic heterocycles. The summed E-state index contributed by atoms with van der Waals surface area (Å²) < 4.78 is 6.01. The van der Waals surface area contributed by atoms with Crippen molar-refractivity contribution in [2.45, 2.75) is 168 Å². The number of hydrogen-bond acceptors (Lipinski definition) is 3. The van der Waals surface area contributed by atoms with Crippen LogP contribution < -0.4 is 0 Å². The molecule has 3 atom stereocenters. The molecule has 3 unspecified atom stereocenters. The fourth-order valence-corrected chi connectivity index (χ4v) is 5.34. The molecule has 0 spiro atoms. The lowest BCUT2D eigenvalue weighted by atomic mass is 9.81. The van der Waals surface area contributed by atoms with Gasteiger partial charge in [-0.1, -0.05) is 117 Å². The first-order valence-electron chi connectivity index (χ1n) is 15.0. The van der Waals surface area contributed by atoms with Crippen LogP contribution in [0, 0.1) is 11.8 Å². The van der Waals surface area contributed by atoms with Gasteiger partial charge in [0.2, 0.25) is 0 Å². The second-order valence-electron chi connectivity index (χ2n) is 10.8. The van der Waals surface area contributed by atoms with E-state index in [9.17, 15) is 14.7 Å². The van der Waals surface area contributed by atoms with Gasteiger partial charge in [0.25, 0.3) is 0 Å². The molecule has 1 aliphatic rings. The highest BCUT2D eigenvalue weighted by molar-refractivity contribution is 5.75. The first-order chi connectivity index (χ1) is 16.6. The van der Waals surface area contributed by atoms with Crippen molar-refractivity contribution >= 4 is 11.9 Å². The fourth-order valence-electron chi connectivity index (χ4n) is 5.34. The summed E-state index contributed by atoms with van der Waals surface area (Å²) in [5.41, 5.74) is 0. The number of rotatable bonds is 22. The van der Waals surface area contributed by atoms with Gasteiger partial charge in [-0.25, -0.2) is 0 Å². The summed E-state index contributed by atoms with van der Waals surface area (Å²) in [5.74, 6) is -1.50. The molecule has 0 aromatic rings. The Balaban J connectivity index is 2.33. The molecule has 0 aromatic heterocycles. The van der Waals surface area contributed by atoms with Crippen molar-refractivity contribution in [3.8, 4) is 0 Å². The summed E-state index contributed by atoms with van der Waals surface area (Å²) in [6, 6.07) is 0. The lowest BCUT2D eigenvalue weighted by molar-refractivity contribution is -0.158. The first-order valence-corrected chi connectivity index (χ1v) is 15.0. The van der Waals surface area contributed by atoms with Crippen LogP contribution in [0.3, 0.4) is 0 Å². The van der Waals surface area contributed by atoms with Crippen LogP contribution in [0.5, 0.6) is 0 Å². The quantitative estimate of drug-likeness (QED) is 0.124. The van der Waals surface area contributed by atoms with Crippen molar-refractivity contribution in [1.82, 2.24) is 0 Å². The summed E-state index contributed by atoms with van der Waals surface area (Å²) in [5, 5.41) is 9.35. The smallest absolute Gasteiger partial charge is 0.309 e. The van der Waals surface area contributed by atoms with Crippen molar-refractivity contribution in [3.63, 3.8) is 0 Å². The molecule has 0 radical (unpaired) electrons. The Kier molecular flexibility index (Phi) is 19.3. The monoisotopic (exact) mass is 480 g/mol. The largest absolute Gasteiger partial charge is 0.481 e. The molecule has 1 rings (SSSR count). The Morgan fingerprint density at radius 3 is 1.53 bits per heavy atom. The molecule has 0 bridgehead atoms. The molecule has 0 heterocycles. The normalized spacial score (nSPS) is 19.1. The van der Waals surface area contributed by atoms with Crippen LogP contribution >= 0.6 is 0 Å². The number of carboxylic acid groups (broad SMARTS) is 1. The third-order valence-electron chi connectivity index (χ3n) is 7.65. The van der Waals surface area contributed by atoms with Crippen LogP contribution in [0.15, 0.2) is 0 Å². The second-order valence-corrected chi connectivity index (χ2v) is 10.8. The molecule has 1 aliphatic carbocycles. The highest BCUT2D eigenvalue weighted by Gasteiger charge is 2.32. The van der Waals surface area contributed by atoms with Gasteiger partial charge in [0.1, 0.15) is 6.10 Å². The number of aliphatic carboxylic acids is 1. The Bertz CT molecular complexity index is 504. The SMILES string of the molecule is CCCCCCCCCCCCC(CCCCCCCCC)OC(=O)C1CCCC(C(=O)O)C1. The van der Waals surface area contributed by atoms with Crippen LogP contribution in [0.1, 0.15) is 162 Å². The third-order valence-corrected chi connectivity index (χ3v) is 7.65. The second kappa shape index (κ2) is 21.2. The molecule has 1 fully saturated rings. The molecular weight excluding hydrogens is 424 g/mol. The van der Waals surface area contributed by atoms with E-state index in [1.165, 1.54) is 96.3 Å². The molecule has 0 aromatic carbocycles. The van der Waals surface area contributed by atoms with Crippen LogP contribution in [0.2, 0.25) is 0 Å². The summed E-state index contributed by atoms with van der Waals surface area (Å²) in [4.78, 5) is 24.2. The average molecular weight is 481 g/mol. The van der Waals surface area contributed by atoms with Gasteiger partial charge in [0.05, 0.1) is 11.8 Å². The lowest BCUT2D eigenvalue weighted by Crippen LogP contribution is -2.31. The Morgan fingerprint density at radius 2 is 1.09 bits per heavy atom. The van der Waals surface area contributed by atoms with E-state index in [0.717, 1.165) is 38.5 Å². The molecule has 4 nitrogen and oxygen atoms in total. The van der Waals surface area contributed by atoms with E-state index >= 15 is 0 Å². The van der Waals surface area contributed by atoms with Gasteiger partial charge in [-0.15, -0.1) is 0 Å². The Labute approximate surface area is 211 Å². The van der Waals surface area contributed by atoms with Gasteiger partial charge in [-0.2, -0.15) is 0 Å². The van der Waals surface area contributed by atoms with E-state index in [2.05, 4.69) is 13.8 Å². The van der Waals surface area contributed by atoms with Gasteiger partial charge < -0.3 is 9.84 Å². The number of hydrogen-bond donors (Lipinski definition) is 1. The maximum absolute atomic E-state index is 12.9. The average Bonchev–Trinajstić information content (AvgIpc) is 2.84. The van der Waals surface area contributed by atoms with Gasteiger partial charge in [-0.05, 0) is 44.9 Å². The van der Waals surface area contributed by atoms with Crippen LogP contribution in [-0.4, -0.2) is 23.1 Å². The van der Waals surface area contributed by atoms with Crippen LogP contribution in [0.4, 0.5) is 0 Å². The molecule has 34 heavy (non-hydrogen) atoms. The molecule has 4 heteroatoms. The van der Waals surface area contributed by atoms with Crippen LogP contribution in [-0.2, 0) is 14.3 Å². The zero-order chi connectivity index (χ0) is 24.9. The number of carboxylic acids is 1. The highest BCUT2D eigenvalue weighted by atomic mass is 16.5. The molecular formula is C30H56O4. The van der Waals surface area contributed by atoms with Crippen molar-refractivity contribution in [1.29, 1.82) is 0 Å². The van der Waals surface area contributed by atoms with E-state index in [1.54, 1.807) is 0 Å². The number of unbranched alkanes of at least 4 members (excludes halogenated alkanes) is 15. The minimum absolute atomic E-state index is 0.0161. The van der Waals surface area contributed by atoms with Gasteiger partial charge >= 0.3 is 11.9 Å². The molecule has 200 valence electrons. The van der Waals surface area contributed by atoms with Crippen molar-refractivity contribution < 1.29 is 19.4 Å². The number of carbonyl (C=O) groups excluding carboxylic acids is 1. The van der Waals surface area contributed by atoms with E-state index in [1.807, 2.05) is 0 Å². The fraction of sp³-hybridized carbons (Fsp3) is 0.933. The standard InChI is InChI=1S/C30H56O4/c1-3-5-7-9-11-12-13-15-17-19-24-28(23-18-16-14-10-8-6-4-2)34-30(33)27-22-20-21-26(25-27)29(31)32/h26-28H,3-25H2,1-2H3,(H,31,32). The summed E-state index contributed by atoms with van der Waals surface area (Å²) in [6.45, 7) is 4.51. The van der Waals surface area contributed by atoms with Crippen molar-refractivity contribution in [2.75, 3.05) is 0 Å². The van der Waals surface area contributed by atoms with Crippen molar-refractivity contribution in [2.24, 2.45) is 11.8 Å². The predicted molar refractivity (Wildman–Crippen MR) is 142 cm³/mol. The minimum Gasteiger partial charge on any atom is -0.481 e. The van der Waals surface area contributed by atoms with Crippen LogP contribution in [0.25, 0.3) is 0 Å².